The van der Waals surface area contributed by atoms with Gasteiger partial charge in [-0.3, -0.25) is 4.79 Å². The van der Waals surface area contributed by atoms with Crippen LogP contribution in [0, 0.1) is 0 Å². The van der Waals surface area contributed by atoms with Gasteiger partial charge >= 0.3 is 0 Å². The van der Waals surface area contributed by atoms with Gasteiger partial charge in [0.2, 0.25) is 15.9 Å². The molecule has 1 saturated carbocycles. The Hall–Kier alpha value is -1.40. The Kier molecular flexibility index (Phi) is 3.27. The number of carbonyl (C=O) groups is 1. The normalized spacial score (nSPS) is 21.5. The highest BCUT2D eigenvalue weighted by Crippen LogP contribution is 2.38. The van der Waals surface area contributed by atoms with Gasteiger partial charge in [-0.05, 0) is 48.9 Å². The van der Waals surface area contributed by atoms with E-state index in [1.165, 1.54) is 0 Å². The van der Waals surface area contributed by atoms with E-state index >= 15 is 0 Å². The Morgan fingerprint density at radius 1 is 1.05 bits per heavy atom. The molecule has 22 heavy (non-hydrogen) atoms. The molecule has 1 fully saturated rings. The molecule has 3 aliphatic rings. The van der Waals surface area contributed by atoms with Crippen molar-refractivity contribution in [2.24, 2.45) is 0 Å². The topological polar surface area (TPSA) is 66.5 Å². The number of nitrogens with zero attached hydrogens (tertiary/aromatic N) is 1. The summed E-state index contributed by atoms with van der Waals surface area (Å²) >= 11 is 0. The van der Waals surface area contributed by atoms with Gasteiger partial charge in [-0.1, -0.05) is 12.8 Å². The third-order valence-electron chi connectivity index (χ3n) is 5.01. The number of benzene rings is 1. The Balaban J connectivity index is 1.70. The van der Waals surface area contributed by atoms with E-state index < -0.39 is 10.0 Å². The van der Waals surface area contributed by atoms with Crippen molar-refractivity contribution in [2.75, 3.05) is 11.4 Å². The quantitative estimate of drug-likeness (QED) is 0.922. The average molecular weight is 320 g/mol. The van der Waals surface area contributed by atoms with Gasteiger partial charge in [0, 0.05) is 19.0 Å². The molecule has 1 N–H and O–H groups in total. The highest BCUT2D eigenvalue weighted by Gasteiger charge is 2.33. The molecule has 2 aliphatic heterocycles. The molecule has 1 aromatic carbocycles. The molecule has 118 valence electrons. The number of aryl methyl sites for hydroxylation is 1. The molecule has 0 bridgehead atoms. The summed E-state index contributed by atoms with van der Waals surface area (Å²) in [5.74, 6) is 0.158. The molecule has 5 nitrogen and oxygen atoms in total. The molecule has 0 saturated heterocycles. The molecule has 0 atom stereocenters. The van der Waals surface area contributed by atoms with Crippen LogP contribution in [0.25, 0.3) is 0 Å². The molecule has 6 heteroatoms. The van der Waals surface area contributed by atoms with Gasteiger partial charge in [0.15, 0.2) is 0 Å². The molecule has 0 unspecified atom stereocenters. The van der Waals surface area contributed by atoms with Crippen molar-refractivity contribution in [3.05, 3.63) is 23.3 Å². The molecule has 2 heterocycles. The van der Waals surface area contributed by atoms with Crippen LogP contribution in [0.15, 0.2) is 17.0 Å². The fraction of sp³-hybridized carbons (Fsp3) is 0.562. The van der Waals surface area contributed by atoms with Crippen LogP contribution in [-0.4, -0.2) is 26.9 Å². The van der Waals surface area contributed by atoms with E-state index in [0.29, 0.717) is 24.3 Å². The van der Waals surface area contributed by atoms with E-state index in [2.05, 4.69) is 4.72 Å². The van der Waals surface area contributed by atoms with Crippen LogP contribution < -0.4 is 9.62 Å². The molecule has 4 rings (SSSR count). The van der Waals surface area contributed by atoms with Crippen LogP contribution in [0.4, 0.5) is 5.69 Å². The van der Waals surface area contributed by atoms with Gasteiger partial charge in [0.25, 0.3) is 0 Å². The van der Waals surface area contributed by atoms with Crippen molar-refractivity contribution in [1.29, 1.82) is 0 Å². The maximum absolute atomic E-state index is 12.6. The zero-order valence-electron chi connectivity index (χ0n) is 12.5. The molecule has 1 aromatic rings. The third-order valence-corrected chi connectivity index (χ3v) is 6.51. The number of amides is 1. The molecular formula is C16H20N2O3S. The Labute approximate surface area is 130 Å². The zero-order chi connectivity index (χ0) is 15.3. The fourth-order valence-electron chi connectivity index (χ4n) is 3.91. The van der Waals surface area contributed by atoms with Crippen molar-refractivity contribution in [3.8, 4) is 0 Å². The summed E-state index contributed by atoms with van der Waals surface area (Å²) in [6.07, 6.45) is 5.93. The van der Waals surface area contributed by atoms with Crippen LogP contribution in [0.2, 0.25) is 0 Å². The second-order valence-corrected chi connectivity index (χ2v) is 8.20. The Morgan fingerprint density at radius 3 is 2.45 bits per heavy atom. The maximum Gasteiger partial charge on any atom is 0.240 e. The van der Waals surface area contributed by atoms with Crippen LogP contribution in [0.1, 0.15) is 43.2 Å². The number of sulfonamides is 1. The SMILES string of the molecule is O=C1CCc2cc(S(=O)(=O)NC3CCCC3)cc3c2N1CC3. The predicted octanol–water partition coefficient (Wildman–Crippen LogP) is 1.74. The fourth-order valence-corrected chi connectivity index (χ4v) is 5.32. The standard InChI is InChI=1S/C16H20N2O3S/c19-15-6-5-11-9-14(10-12-7-8-18(15)16(11)12)22(20,21)17-13-3-1-2-4-13/h9-10,13,17H,1-8H2. The smallest absolute Gasteiger partial charge is 0.240 e. The van der Waals surface area contributed by atoms with E-state index in [9.17, 15) is 13.2 Å². The summed E-state index contributed by atoms with van der Waals surface area (Å²) in [6.45, 7) is 0.681. The first-order valence-corrected chi connectivity index (χ1v) is 9.51. The summed E-state index contributed by atoms with van der Waals surface area (Å²) in [6, 6.07) is 3.60. The summed E-state index contributed by atoms with van der Waals surface area (Å²) in [7, 11) is -3.46. The first kappa shape index (κ1) is 14.2. The number of rotatable bonds is 3. The van der Waals surface area contributed by atoms with Crippen molar-refractivity contribution in [2.45, 2.75) is 55.9 Å². The number of anilines is 1. The van der Waals surface area contributed by atoms with Crippen LogP contribution in [-0.2, 0) is 27.7 Å². The lowest BCUT2D eigenvalue weighted by Gasteiger charge is -2.26. The number of hydrogen-bond acceptors (Lipinski definition) is 3. The average Bonchev–Trinajstić information content (AvgIpc) is 3.12. The van der Waals surface area contributed by atoms with Gasteiger partial charge in [-0.15, -0.1) is 0 Å². The summed E-state index contributed by atoms with van der Waals surface area (Å²) in [5.41, 5.74) is 2.97. The Bertz CT molecular complexity index is 736. The van der Waals surface area contributed by atoms with Crippen molar-refractivity contribution in [3.63, 3.8) is 0 Å². The lowest BCUT2D eigenvalue weighted by molar-refractivity contribution is -0.118. The van der Waals surface area contributed by atoms with Crippen LogP contribution in [0.3, 0.4) is 0 Å². The summed E-state index contributed by atoms with van der Waals surface area (Å²) in [5, 5.41) is 0. The number of hydrogen-bond donors (Lipinski definition) is 1. The minimum Gasteiger partial charge on any atom is -0.312 e. The lowest BCUT2D eigenvalue weighted by atomic mass is 10.00. The van der Waals surface area contributed by atoms with Gasteiger partial charge < -0.3 is 4.90 Å². The van der Waals surface area contributed by atoms with E-state index in [0.717, 1.165) is 48.9 Å². The van der Waals surface area contributed by atoms with Gasteiger partial charge in [0.1, 0.15) is 0 Å². The summed E-state index contributed by atoms with van der Waals surface area (Å²) in [4.78, 5) is 14.1. The van der Waals surface area contributed by atoms with E-state index in [1.807, 2.05) is 4.90 Å². The molecular weight excluding hydrogens is 300 g/mol. The van der Waals surface area contributed by atoms with Crippen molar-refractivity contribution in [1.82, 2.24) is 4.72 Å². The lowest BCUT2D eigenvalue weighted by Crippen LogP contribution is -2.34. The van der Waals surface area contributed by atoms with Gasteiger partial charge in [0.05, 0.1) is 10.6 Å². The second kappa shape index (κ2) is 5.06. The maximum atomic E-state index is 12.6. The first-order valence-electron chi connectivity index (χ1n) is 8.03. The minimum absolute atomic E-state index is 0.0766. The Morgan fingerprint density at radius 2 is 1.73 bits per heavy atom. The summed E-state index contributed by atoms with van der Waals surface area (Å²) < 4.78 is 28.1. The van der Waals surface area contributed by atoms with Gasteiger partial charge in [-0.2, -0.15) is 0 Å². The number of nitrogens with one attached hydrogen (secondary N) is 1. The highest BCUT2D eigenvalue weighted by molar-refractivity contribution is 7.89. The molecule has 1 amide bonds. The van der Waals surface area contributed by atoms with E-state index in [4.69, 9.17) is 0 Å². The highest BCUT2D eigenvalue weighted by atomic mass is 32.2. The molecule has 0 spiro atoms. The largest absolute Gasteiger partial charge is 0.312 e. The first-order chi connectivity index (χ1) is 10.5. The minimum atomic E-state index is -3.46. The third kappa shape index (κ3) is 2.25. The van der Waals surface area contributed by atoms with Gasteiger partial charge in [-0.25, -0.2) is 13.1 Å². The zero-order valence-corrected chi connectivity index (χ0v) is 13.3. The van der Waals surface area contributed by atoms with Crippen molar-refractivity contribution >= 4 is 21.6 Å². The monoisotopic (exact) mass is 320 g/mol. The van der Waals surface area contributed by atoms with Crippen LogP contribution in [0.5, 0.6) is 0 Å². The van der Waals surface area contributed by atoms with E-state index in [-0.39, 0.29) is 11.9 Å². The molecule has 0 radical (unpaired) electrons. The number of carbonyl (C=O) groups excluding carboxylic acids is 1. The van der Waals surface area contributed by atoms with Crippen molar-refractivity contribution < 1.29 is 13.2 Å². The molecule has 0 aromatic heterocycles. The van der Waals surface area contributed by atoms with Crippen LogP contribution >= 0.6 is 0 Å². The van der Waals surface area contributed by atoms with E-state index in [1.54, 1.807) is 12.1 Å². The second-order valence-electron chi connectivity index (χ2n) is 6.49. The predicted molar refractivity (Wildman–Crippen MR) is 83.4 cm³/mol. The molecule has 1 aliphatic carbocycles.